The van der Waals surface area contributed by atoms with Crippen LogP contribution in [0.3, 0.4) is 0 Å². The second-order valence-corrected chi connectivity index (χ2v) is 7.73. The van der Waals surface area contributed by atoms with Crippen LogP contribution >= 0.6 is 11.6 Å². The van der Waals surface area contributed by atoms with Crippen LogP contribution in [-0.4, -0.2) is 46.1 Å². The Labute approximate surface area is 170 Å². The van der Waals surface area contributed by atoms with E-state index in [2.05, 4.69) is 64.1 Å². The minimum absolute atomic E-state index is 0.0998. The summed E-state index contributed by atoms with van der Waals surface area (Å²) in [6, 6.07) is 18.7. The second kappa shape index (κ2) is 8.43. The summed E-state index contributed by atoms with van der Waals surface area (Å²) < 4.78 is 5.56. The van der Waals surface area contributed by atoms with Crippen LogP contribution in [0.5, 0.6) is 0 Å². The van der Waals surface area contributed by atoms with Gasteiger partial charge in [-0.3, -0.25) is 9.80 Å². The fourth-order valence-electron chi connectivity index (χ4n) is 3.73. The van der Waals surface area contributed by atoms with E-state index in [1.54, 1.807) is 0 Å². The Balaban J connectivity index is 1.38. The smallest absolute Gasteiger partial charge is 0.244 e. The molecule has 0 saturated carbocycles. The first kappa shape index (κ1) is 19.1. The second-order valence-electron chi connectivity index (χ2n) is 7.30. The van der Waals surface area contributed by atoms with Gasteiger partial charge in [-0.25, -0.2) is 0 Å². The number of aromatic nitrogens is 2. The zero-order chi connectivity index (χ0) is 19.5. The van der Waals surface area contributed by atoms with Crippen LogP contribution in [0, 0.1) is 0 Å². The number of nitrogens with zero attached hydrogens (tertiary/aromatic N) is 4. The molecular weight excluding hydrogens is 372 g/mol. The van der Waals surface area contributed by atoms with Crippen LogP contribution in [0.2, 0.25) is 5.02 Å². The monoisotopic (exact) mass is 396 g/mol. The van der Waals surface area contributed by atoms with E-state index < -0.39 is 0 Å². The SMILES string of the molecule is CC(c1ccccc1)N1CCN(C(C)c2nc(-c3ccc(Cl)cc3)no2)CC1. The highest BCUT2D eigenvalue weighted by Crippen LogP contribution is 2.27. The Hall–Kier alpha value is -2.21. The van der Waals surface area contributed by atoms with E-state index in [0.717, 1.165) is 31.7 Å². The van der Waals surface area contributed by atoms with Crippen molar-refractivity contribution in [1.82, 2.24) is 19.9 Å². The Bertz CT molecular complexity index is 888. The van der Waals surface area contributed by atoms with Gasteiger partial charge >= 0.3 is 0 Å². The van der Waals surface area contributed by atoms with Crippen LogP contribution in [0.15, 0.2) is 59.1 Å². The van der Waals surface area contributed by atoms with Gasteiger partial charge < -0.3 is 4.52 Å². The molecule has 1 saturated heterocycles. The van der Waals surface area contributed by atoms with Crippen molar-refractivity contribution >= 4 is 11.6 Å². The van der Waals surface area contributed by atoms with Crippen LogP contribution < -0.4 is 0 Å². The number of hydrogen-bond acceptors (Lipinski definition) is 5. The predicted molar refractivity (Wildman–Crippen MR) is 111 cm³/mol. The lowest BCUT2D eigenvalue weighted by atomic mass is 10.1. The normalized spacial score (nSPS) is 18.1. The molecule has 6 heteroatoms. The van der Waals surface area contributed by atoms with Gasteiger partial charge in [0.15, 0.2) is 0 Å². The average Bonchev–Trinajstić information content (AvgIpc) is 3.24. The lowest BCUT2D eigenvalue weighted by Gasteiger charge is -2.39. The van der Waals surface area contributed by atoms with E-state index in [-0.39, 0.29) is 6.04 Å². The number of benzene rings is 2. The molecule has 3 aromatic rings. The molecule has 0 bridgehead atoms. The summed E-state index contributed by atoms with van der Waals surface area (Å²) in [5.41, 5.74) is 2.28. The lowest BCUT2D eigenvalue weighted by Crippen LogP contribution is -2.47. The van der Waals surface area contributed by atoms with Gasteiger partial charge in [0.25, 0.3) is 0 Å². The van der Waals surface area contributed by atoms with Gasteiger partial charge in [0.1, 0.15) is 0 Å². The highest BCUT2D eigenvalue weighted by atomic mass is 35.5. The number of hydrogen-bond donors (Lipinski definition) is 0. The van der Waals surface area contributed by atoms with Gasteiger partial charge in [0.2, 0.25) is 11.7 Å². The number of rotatable bonds is 5. The molecule has 0 radical (unpaired) electrons. The fraction of sp³-hybridized carbons (Fsp3) is 0.364. The van der Waals surface area contributed by atoms with E-state index in [4.69, 9.17) is 16.1 Å². The Kier molecular flexibility index (Phi) is 5.76. The standard InChI is InChI=1S/C22H25ClN4O/c1-16(18-6-4-3-5-7-18)26-12-14-27(15-13-26)17(2)22-24-21(25-28-22)19-8-10-20(23)11-9-19/h3-11,16-17H,12-15H2,1-2H3. The van der Waals surface area contributed by atoms with Gasteiger partial charge in [-0.2, -0.15) is 4.98 Å². The molecule has 2 unspecified atom stereocenters. The van der Waals surface area contributed by atoms with Crippen molar-refractivity contribution in [3.63, 3.8) is 0 Å². The van der Waals surface area contributed by atoms with Crippen molar-refractivity contribution in [2.24, 2.45) is 0 Å². The van der Waals surface area contributed by atoms with Crippen molar-refractivity contribution in [3.05, 3.63) is 71.1 Å². The molecule has 0 spiro atoms. The molecule has 1 aliphatic rings. The van der Waals surface area contributed by atoms with Crippen molar-refractivity contribution in [1.29, 1.82) is 0 Å². The van der Waals surface area contributed by atoms with Gasteiger partial charge in [-0.05, 0) is 43.7 Å². The van der Waals surface area contributed by atoms with E-state index in [9.17, 15) is 0 Å². The molecule has 4 rings (SSSR count). The van der Waals surface area contributed by atoms with E-state index in [1.807, 2.05) is 24.3 Å². The van der Waals surface area contributed by atoms with Crippen molar-refractivity contribution < 1.29 is 4.52 Å². The Morgan fingerprint density at radius 3 is 2.11 bits per heavy atom. The molecule has 1 aliphatic heterocycles. The zero-order valence-corrected chi connectivity index (χ0v) is 17.0. The molecule has 0 amide bonds. The highest BCUT2D eigenvalue weighted by molar-refractivity contribution is 6.30. The van der Waals surface area contributed by atoms with Crippen LogP contribution in [0.25, 0.3) is 11.4 Å². The topological polar surface area (TPSA) is 45.4 Å². The molecule has 1 fully saturated rings. The highest BCUT2D eigenvalue weighted by Gasteiger charge is 2.28. The maximum Gasteiger partial charge on any atom is 0.244 e. The largest absolute Gasteiger partial charge is 0.337 e. The summed E-state index contributed by atoms with van der Waals surface area (Å²) in [6.45, 7) is 8.44. The average molecular weight is 397 g/mol. The molecule has 28 heavy (non-hydrogen) atoms. The van der Waals surface area contributed by atoms with Gasteiger partial charge in [-0.15, -0.1) is 0 Å². The summed E-state index contributed by atoms with van der Waals surface area (Å²) in [7, 11) is 0. The summed E-state index contributed by atoms with van der Waals surface area (Å²) in [4.78, 5) is 9.55. The first-order chi connectivity index (χ1) is 13.6. The van der Waals surface area contributed by atoms with E-state index >= 15 is 0 Å². The van der Waals surface area contributed by atoms with Crippen molar-refractivity contribution in [2.75, 3.05) is 26.2 Å². The molecule has 2 atom stereocenters. The Morgan fingerprint density at radius 2 is 1.46 bits per heavy atom. The van der Waals surface area contributed by atoms with Crippen molar-refractivity contribution in [3.8, 4) is 11.4 Å². The molecule has 1 aromatic heterocycles. The quantitative estimate of drug-likeness (QED) is 0.618. The first-order valence-corrected chi connectivity index (χ1v) is 10.1. The van der Waals surface area contributed by atoms with Gasteiger partial charge in [-0.1, -0.05) is 47.1 Å². The minimum Gasteiger partial charge on any atom is -0.337 e. The molecule has 0 N–H and O–H groups in total. The first-order valence-electron chi connectivity index (χ1n) is 9.74. The number of piperazine rings is 1. The molecular formula is C22H25ClN4O. The Morgan fingerprint density at radius 1 is 0.857 bits per heavy atom. The maximum atomic E-state index is 5.95. The van der Waals surface area contributed by atoms with Gasteiger partial charge in [0, 0.05) is 42.8 Å². The third kappa shape index (κ3) is 4.12. The zero-order valence-electron chi connectivity index (χ0n) is 16.3. The molecule has 2 heterocycles. The third-order valence-electron chi connectivity index (χ3n) is 5.63. The van der Waals surface area contributed by atoms with Crippen LogP contribution in [-0.2, 0) is 0 Å². The lowest BCUT2D eigenvalue weighted by molar-refractivity contribution is 0.0678. The number of halogens is 1. The summed E-state index contributed by atoms with van der Waals surface area (Å²) in [5, 5.41) is 4.85. The molecule has 2 aromatic carbocycles. The molecule has 146 valence electrons. The minimum atomic E-state index is 0.0998. The van der Waals surface area contributed by atoms with Crippen LogP contribution in [0.1, 0.15) is 37.4 Å². The summed E-state index contributed by atoms with van der Waals surface area (Å²) >= 11 is 5.95. The fourth-order valence-corrected chi connectivity index (χ4v) is 3.86. The maximum absolute atomic E-state index is 5.95. The van der Waals surface area contributed by atoms with Crippen molar-refractivity contribution in [2.45, 2.75) is 25.9 Å². The van der Waals surface area contributed by atoms with E-state index in [1.165, 1.54) is 5.56 Å². The molecule has 5 nitrogen and oxygen atoms in total. The third-order valence-corrected chi connectivity index (χ3v) is 5.88. The summed E-state index contributed by atoms with van der Waals surface area (Å²) in [5.74, 6) is 1.27. The predicted octanol–water partition coefficient (Wildman–Crippen LogP) is 4.83. The van der Waals surface area contributed by atoms with E-state index in [0.29, 0.717) is 22.8 Å². The van der Waals surface area contributed by atoms with Gasteiger partial charge in [0.05, 0.1) is 6.04 Å². The summed E-state index contributed by atoms with van der Waals surface area (Å²) in [6.07, 6.45) is 0. The van der Waals surface area contributed by atoms with Crippen LogP contribution in [0.4, 0.5) is 0 Å². The molecule has 0 aliphatic carbocycles.